The van der Waals surface area contributed by atoms with Crippen molar-refractivity contribution in [2.75, 3.05) is 5.32 Å². The van der Waals surface area contributed by atoms with Crippen LogP contribution >= 0.6 is 11.6 Å². The number of carbonyl (C=O) groups excluding carboxylic acids is 2. The Morgan fingerprint density at radius 3 is 2.39 bits per heavy atom. The van der Waals surface area contributed by atoms with Gasteiger partial charge in [-0.15, -0.1) is 0 Å². The number of aliphatic carboxylic acids is 1. The standard InChI is InChI=1S/C26H25ClN4O5/c27-21-13-20(36-25(35)15-5-8-19(9-6-15)30-26(28)29)10-7-17(21)12-23(32)31-14-18-4-2-1-3-16(18)11-22(31)24(33)34/h1-10,13,22,26,30H,11-12,14,28-29H2,(H,33,34)/t22-/m0/s1. The van der Waals surface area contributed by atoms with Crippen LogP contribution in [0.3, 0.4) is 0 Å². The molecule has 0 saturated heterocycles. The number of halogens is 1. The first-order valence-corrected chi connectivity index (χ1v) is 11.6. The summed E-state index contributed by atoms with van der Waals surface area (Å²) in [6, 6.07) is 17.5. The first-order valence-electron chi connectivity index (χ1n) is 11.2. The van der Waals surface area contributed by atoms with Gasteiger partial charge in [-0.3, -0.25) is 16.3 Å². The maximum atomic E-state index is 13.1. The molecule has 0 saturated carbocycles. The summed E-state index contributed by atoms with van der Waals surface area (Å²) >= 11 is 6.38. The summed E-state index contributed by atoms with van der Waals surface area (Å²) in [7, 11) is 0. The molecule has 1 aliphatic rings. The van der Waals surface area contributed by atoms with Crippen LogP contribution in [0.5, 0.6) is 5.75 Å². The number of carboxylic acids is 1. The molecule has 0 radical (unpaired) electrons. The normalized spacial score (nSPS) is 14.8. The molecule has 0 unspecified atom stereocenters. The number of hydrogen-bond acceptors (Lipinski definition) is 7. The highest BCUT2D eigenvalue weighted by atomic mass is 35.5. The molecule has 0 aromatic heterocycles. The summed E-state index contributed by atoms with van der Waals surface area (Å²) in [5.41, 5.74) is 14.3. The fraction of sp³-hybridized carbons (Fsp3) is 0.192. The molecule has 1 atom stereocenters. The number of rotatable bonds is 7. The number of nitrogens with two attached hydrogens (primary N) is 2. The Morgan fingerprint density at radius 1 is 1.06 bits per heavy atom. The molecule has 3 aromatic carbocycles. The van der Waals surface area contributed by atoms with Crippen molar-refractivity contribution in [3.05, 3.63) is 94.0 Å². The number of nitrogens with one attached hydrogen (secondary N) is 1. The van der Waals surface area contributed by atoms with Crippen molar-refractivity contribution >= 4 is 35.1 Å². The summed E-state index contributed by atoms with van der Waals surface area (Å²) in [6.45, 7) is 0.213. The van der Waals surface area contributed by atoms with Crippen LogP contribution in [0.1, 0.15) is 27.0 Å². The van der Waals surface area contributed by atoms with E-state index in [1.165, 1.54) is 17.0 Å². The number of amides is 1. The lowest BCUT2D eigenvalue weighted by Crippen LogP contribution is -2.49. The van der Waals surface area contributed by atoms with E-state index in [9.17, 15) is 19.5 Å². The van der Waals surface area contributed by atoms with Crippen molar-refractivity contribution < 1.29 is 24.2 Å². The molecule has 6 N–H and O–H groups in total. The van der Waals surface area contributed by atoms with Gasteiger partial charge in [0, 0.05) is 23.7 Å². The van der Waals surface area contributed by atoms with E-state index in [4.69, 9.17) is 27.8 Å². The first kappa shape index (κ1) is 25.2. The highest BCUT2D eigenvalue weighted by Crippen LogP contribution is 2.27. The predicted molar refractivity (Wildman–Crippen MR) is 134 cm³/mol. The van der Waals surface area contributed by atoms with Gasteiger partial charge in [-0.05, 0) is 53.1 Å². The third-order valence-electron chi connectivity index (χ3n) is 5.88. The van der Waals surface area contributed by atoms with Crippen molar-refractivity contribution in [3.8, 4) is 5.75 Å². The number of nitrogens with zero attached hydrogens (tertiary/aromatic N) is 1. The Kier molecular flexibility index (Phi) is 7.54. The lowest BCUT2D eigenvalue weighted by atomic mass is 9.93. The summed E-state index contributed by atoms with van der Waals surface area (Å²) < 4.78 is 5.40. The number of fused-ring (bicyclic) bond motifs is 1. The Bertz CT molecular complexity index is 1300. The minimum absolute atomic E-state index is 0.0866. The molecule has 0 spiro atoms. The summed E-state index contributed by atoms with van der Waals surface area (Å²) in [4.78, 5) is 38.8. The second kappa shape index (κ2) is 10.8. The topological polar surface area (TPSA) is 148 Å². The van der Waals surface area contributed by atoms with Gasteiger partial charge < -0.3 is 20.1 Å². The summed E-state index contributed by atoms with van der Waals surface area (Å²) in [5, 5.41) is 12.7. The van der Waals surface area contributed by atoms with E-state index in [1.54, 1.807) is 30.3 Å². The molecule has 36 heavy (non-hydrogen) atoms. The van der Waals surface area contributed by atoms with Gasteiger partial charge in [-0.2, -0.15) is 0 Å². The smallest absolute Gasteiger partial charge is 0.343 e. The average molecular weight is 509 g/mol. The maximum absolute atomic E-state index is 13.1. The van der Waals surface area contributed by atoms with E-state index < -0.39 is 24.3 Å². The van der Waals surface area contributed by atoms with Crippen LogP contribution in [0.4, 0.5) is 5.69 Å². The average Bonchev–Trinajstić information content (AvgIpc) is 2.84. The quantitative estimate of drug-likeness (QED) is 0.216. The minimum atomic E-state index is -1.05. The van der Waals surface area contributed by atoms with Gasteiger partial charge in [0.05, 0.1) is 12.0 Å². The van der Waals surface area contributed by atoms with E-state index in [2.05, 4.69) is 5.32 Å². The maximum Gasteiger partial charge on any atom is 0.343 e. The van der Waals surface area contributed by atoms with Crippen LogP contribution in [-0.2, 0) is 29.0 Å². The molecule has 4 rings (SSSR count). The van der Waals surface area contributed by atoms with Crippen LogP contribution in [0.15, 0.2) is 66.7 Å². The van der Waals surface area contributed by atoms with E-state index in [0.29, 0.717) is 16.8 Å². The third kappa shape index (κ3) is 5.83. The van der Waals surface area contributed by atoms with Gasteiger partial charge >= 0.3 is 11.9 Å². The van der Waals surface area contributed by atoms with Crippen molar-refractivity contribution in [1.29, 1.82) is 0 Å². The predicted octanol–water partition coefficient (Wildman–Crippen LogP) is 2.75. The van der Waals surface area contributed by atoms with Crippen LogP contribution in [0.25, 0.3) is 0 Å². The lowest BCUT2D eigenvalue weighted by molar-refractivity contribution is -0.151. The van der Waals surface area contributed by atoms with Crippen LogP contribution in [0, 0.1) is 0 Å². The van der Waals surface area contributed by atoms with Gasteiger partial charge in [0.25, 0.3) is 0 Å². The number of ether oxygens (including phenoxy) is 1. The van der Waals surface area contributed by atoms with Gasteiger partial charge in [-0.25, -0.2) is 9.59 Å². The van der Waals surface area contributed by atoms with Gasteiger partial charge in [0.2, 0.25) is 5.91 Å². The molecule has 1 amide bonds. The Hall–Kier alpha value is -3.92. The SMILES string of the molecule is NC(N)Nc1ccc(C(=O)Oc2ccc(CC(=O)N3Cc4ccccc4C[C@H]3C(=O)O)c(Cl)c2)cc1. The van der Waals surface area contributed by atoms with Crippen LogP contribution in [-0.4, -0.2) is 40.2 Å². The molecular formula is C26H25ClN4O5. The summed E-state index contributed by atoms with van der Waals surface area (Å²) in [6.07, 6.45) is -0.566. The fourth-order valence-corrected chi connectivity index (χ4v) is 4.30. The number of hydrogen-bond donors (Lipinski definition) is 4. The van der Waals surface area contributed by atoms with Crippen LogP contribution < -0.4 is 21.5 Å². The molecule has 0 fully saturated rings. The molecule has 0 aliphatic carbocycles. The second-order valence-electron chi connectivity index (χ2n) is 8.42. The fourth-order valence-electron chi connectivity index (χ4n) is 4.07. The number of carboxylic acid groups (broad SMARTS) is 1. The molecule has 186 valence electrons. The van der Waals surface area contributed by atoms with Crippen LogP contribution in [0.2, 0.25) is 5.02 Å². The number of benzene rings is 3. The van der Waals surface area contributed by atoms with Gasteiger partial charge in [-0.1, -0.05) is 41.9 Å². The molecular weight excluding hydrogens is 484 g/mol. The molecule has 1 heterocycles. The zero-order valence-corrected chi connectivity index (χ0v) is 19.9. The number of carbonyl (C=O) groups is 3. The third-order valence-corrected chi connectivity index (χ3v) is 6.24. The number of esters is 1. The largest absolute Gasteiger partial charge is 0.480 e. The lowest BCUT2D eigenvalue weighted by Gasteiger charge is -2.34. The van der Waals surface area contributed by atoms with Crippen molar-refractivity contribution in [3.63, 3.8) is 0 Å². The highest BCUT2D eigenvalue weighted by Gasteiger charge is 2.34. The van der Waals surface area contributed by atoms with E-state index in [-0.39, 0.29) is 36.1 Å². The zero-order valence-electron chi connectivity index (χ0n) is 19.2. The molecule has 10 heteroatoms. The Balaban J connectivity index is 1.43. The second-order valence-corrected chi connectivity index (χ2v) is 8.82. The first-order chi connectivity index (χ1) is 17.2. The van der Waals surface area contributed by atoms with E-state index in [0.717, 1.165) is 11.1 Å². The molecule has 3 aromatic rings. The van der Waals surface area contributed by atoms with Crippen molar-refractivity contribution in [2.45, 2.75) is 31.7 Å². The van der Waals surface area contributed by atoms with Gasteiger partial charge in [0.1, 0.15) is 18.1 Å². The van der Waals surface area contributed by atoms with E-state index in [1.807, 2.05) is 24.3 Å². The monoisotopic (exact) mass is 508 g/mol. The summed E-state index contributed by atoms with van der Waals surface area (Å²) in [5.74, 6) is -1.78. The Labute approximate surface area is 212 Å². The Morgan fingerprint density at radius 2 is 1.75 bits per heavy atom. The van der Waals surface area contributed by atoms with Crippen molar-refractivity contribution in [2.24, 2.45) is 11.5 Å². The molecule has 1 aliphatic heterocycles. The highest BCUT2D eigenvalue weighted by molar-refractivity contribution is 6.31. The van der Waals surface area contributed by atoms with Crippen molar-refractivity contribution in [1.82, 2.24) is 4.90 Å². The van der Waals surface area contributed by atoms with Gasteiger partial charge in [0.15, 0.2) is 0 Å². The molecule has 0 bridgehead atoms. The van der Waals surface area contributed by atoms with E-state index >= 15 is 0 Å². The minimum Gasteiger partial charge on any atom is -0.480 e. The molecule has 9 nitrogen and oxygen atoms in total. The number of anilines is 1. The zero-order chi connectivity index (χ0) is 25.8.